The SMILES string of the molecule is C/C(C[C@@H]1OC[C@H](C[C@@H]2O[C@H]2[C@@H](C)[C@H](C)O)[C@@H](O)[C@H]1O)=C(/F)C(=O)O. The van der Waals surface area contributed by atoms with Gasteiger partial charge in [0.25, 0.3) is 0 Å². The fraction of sp³-hybridized carbons (Fsp3) is 0.824. The minimum Gasteiger partial charge on any atom is -0.476 e. The number of epoxide rings is 1. The number of halogens is 1. The molecule has 2 fully saturated rings. The monoisotopic (exact) mass is 362 g/mol. The van der Waals surface area contributed by atoms with E-state index in [4.69, 9.17) is 14.6 Å². The molecule has 2 heterocycles. The molecule has 4 N–H and O–H groups in total. The lowest BCUT2D eigenvalue weighted by Gasteiger charge is -2.37. The summed E-state index contributed by atoms with van der Waals surface area (Å²) in [5.41, 5.74) is -0.0430. The topological polar surface area (TPSA) is 120 Å². The van der Waals surface area contributed by atoms with Gasteiger partial charge >= 0.3 is 5.97 Å². The molecule has 0 bridgehead atoms. The second kappa shape index (κ2) is 8.09. The molecule has 2 saturated heterocycles. The first kappa shape index (κ1) is 20.3. The van der Waals surface area contributed by atoms with Gasteiger partial charge in [-0.25, -0.2) is 4.79 Å². The molecule has 2 aliphatic heterocycles. The van der Waals surface area contributed by atoms with Gasteiger partial charge in [-0.3, -0.25) is 0 Å². The van der Waals surface area contributed by atoms with E-state index in [1.807, 2.05) is 6.92 Å². The Balaban J connectivity index is 1.88. The highest BCUT2D eigenvalue weighted by atomic mass is 19.1. The second-order valence-electron chi connectivity index (χ2n) is 7.19. The number of ether oxygens (including phenoxy) is 2. The van der Waals surface area contributed by atoms with Crippen molar-refractivity contribution in [2.24, 2.45) is 11.8 Å². The standard InChI is InChI=1S/C17H27FO7/c1-7(13(18)17(22)23)4-11-15(21)14(20)10(6-24-11)5-12-16(25-12)8(2)9(3)19/h8-12,14-16,19-21H,4-6H2,1-3H3,(H,22,23)/b13-7-/t8-,9-,10-,11-,12-,14+,15-,16-/m0/s1. The quantitative estimate of drug-likeness (QED) is 0.387. The molecular formula is C17H27FO7. The first-order valence-corrected chi connectivity index (χ1v) is 8.53. The Kier molecular flexibility index (Phi) is 6.56. The summed E-state index contributed by atoms with van der Waals surface area (Å²) in [6.07, 6.45) is -3.43. The minimum atomic E-state index is -1.66. The van der Waals surface area contributed by atoms with Crippen molar-refractivity contribution >= 4 is 5.97 Å². The molecule has 0 aromatic carbocycles. The number of aliphatic carboxylic acids is 1. The van der Waals surface area contributed by atoms with E-state index in [2.05, 4.69) is 0 Å². The van der Waals surface area contributed by atoms with Gasteiger partial charge in [0, 0.05) is 18.3 Å². The highest BCUT2D eigenvalue weighted by Crippen LogP contribution is 2.38. The van der Waals surface area contributed by atoms with Gasteiger partial charge in [0.1, 0.15) is 6.10 Å². The summed E-state index contributed by atoms with van der Waals surface area (Å²) >= 11 is 0. The normalized spacial score (nSPS) is 38.7. The maximum atomic E-state index is 13.4. The summed E-state index contributed by atoms with van der Waals surface area (Å²) in [5, 5.41) is 38.8. The summed E-state index contributed by atoms with van der Waals surface area (Å²) < 4.78 is 24.5. The largest absolute Gasteiger partial charge is 0.476 e. The van der Waals surface area contributed by atoms with E-state index in [0.717, 1.165) is 0 Å². The lowest BCUT2D eigenvalue weighted by atomic mass is 9.85. The van der Waals surface area contributed by atoms with Crippen LogP contribution in [0.15, 0.2) is 11.4 Å². The Morgan fingerprint density at radius 2 is 1.88 bits per heavy atom. The fourth-order valence-corrected chi connectivity index (χ4v) is 3.29. The van der Waals surface area contributed by atoms with Crippen LogP contribution in [-0.2, 0) is 14.3 Å². The molecule has 8 atom stereocenters. The number of rotatable bonds is 7. The number of hydrogen-bond acceptors (Lipinski definition) is 6. The van der Waals surface area contributed by atoms with Crippen LogP contribution in [0.1, 0.15) is 33.6 Å². The van der Waals surface area contributed by atoms with Crippen LogP contribution in [0, 0.1) is 11.8 Å². The molecule has 25 heavy (non-hydrogen) atoms. The lowest BCUT2D eigenvalue weighted by Crippen LogP contribution is -2.50. The van der Waals surface area contributed by atoms with Crippen molar-refractivity contribution in [2.75, 3.05) is 6.61 Å². The Morgan fingerprint density at radius 1 is 1.24 bits per heavy atom. The average Bonchev–Trinajstić information content (AvgIpc) is 3.31. The molecule has 0 unspecified atom stereocenters. The third kappa shape index (κ3) is 4.77. The highest BCUT2D eigenvalue weighted by molar-refractivity contribution is 5.84. The molecule has 0 aliphatic carbocycles. The van der Waals surface area contributed by atoms with E-state index in [-0.39, 0.29) is 42.6 Å². The van der Waals surface area contributed by atoms with Crippen LogP contribution < -0.4 is 0 Å². The molecule has 2 rings (SSSR count). The molecule has 7 nitrogen and oxygen atoms in total. The van der Waals surface area contributed by atoms with Crippen molar-refractivity contribution in [3.05, 3.63) is 11.4 Å². The molecular weight excluding hydrogens is 335 g/mol. The van der Waals surface area contributed by atoms with Gasteiger partial charge in [-0.15, -0.1) is 0 Å². The fourth-order valence-electron chi connectivity index (χ4n) is 3.29. The van der Waals surface area contributed by atoms with Crippen LogP contribution >= 0.6 is 0 Å². The van der Waals surface area contributed by atoms with Crippen molar-refractivity contribution in [1.82, 2.24) is 0 Å². The molecule has 0 aromatic rings. The van der Waals surface area contributed by atoms with Gasteiger partial charge in [0.05, 0.1) is 37.1 Å². The van der Waals surface area contributed by atoms with Gasteiger partial charge in [-0.05, 0) is 25.8 Å². The third-order valence-electron chi connectivity index (χ3n) is 5.24. The predicted molar refractivity (Wildman–Crippen MR) is 85.4 cm³/mol. The molecule has 2 aliphatic rings. The molecule has 0 spiro atoms. The number of hydrogen-bond donors (Lipinski definition) is 4. The van der Waals surface area contributed by atoms with Crippen LogP contribution in [0.3, 0.4) is 0 Å². The van der Waals surface area contributed by atoms with E-state index in [1.54, 1.807) is 6.92 Å². The molecule has 0 amide bonds. The van der Waals surface area contributed by atoms with Crippen molar-refractivity contribution in [1.29, 1.82) is 0 Å². The van der Waals surface area contributed by atoms with E-state index in [1.165, 1.54) is 6.92 Å². The summed E-state index contributed by atoms with van der Waals surface area (Å²) in [6.45, 7) is 5.07. The van der Waals surface area contributed by atoms with Gasteiger partial charge in [-0.1, -0.05) is 6.92 Å². The number of carboxylic acids is 1. The van der Waals surface area contributed by atoms with Gasteiger partial charge in [0.15, 0.2) is 0 Å². The zero-order valence-electron chi connectivity index (χ0n) is 14.6. The molecule has 144 valence electrons. The predicted octanol–water partition coefficient (Wildman–Crippen LogP) is 0.616. The molecule has 8 heteroatoms. The molecule has 0 saturated carbocycles. The maximum absolute atomic E-state index is 13.4. The summed E-state index contributed by atoms with van der Waals surface area (Å²) in [7, 11) is 0. The Morgan fingerprint density at radius 3 is 2.44 bits per heavy atom. The van der Waals surface area contributed by atoms with Gasteiger partial charge in [0.2, 0.25) is 5.83 Å². The summed E-state index contributed by atoms with van der Waals surface area (Å²) in [4.78, 5) is 10.6. The highest BCUT2D eigenvalue weighted by Gasteiger charge is 2.48. The second-order valence-corrected chi connectivity index (χ2v) is 7.19. The van der Waals surface area contributed by atoms with E-state index < -0.39 is 36.2 Å². The maximum Gasteiger partial charge on any atom is 0.364 e. The molecule has 0 radical (unpaired) electrons. The van der Waals surface area contributed by atoms with Crippen molar-refractivity contribution < 1.29 is 39.1 Å². The first-order valence-electron chi connectivity index (χ1n) is 8.53. The molecule has 0 aromatic heterocycles. The zero-order chi connectivity index (χ0) is 18.9. The van der Waals surface area contributed by atoms with Crippen molar-refractivity contribution in [2.45, 2.75) is 70.2 Å². The van der Waals surface area contributed by atoms with E-state index in [0.29, 0.717) is 6.42 Å². The van der Waals surface area contributed by atoms with Crippen LogP contribution in [0.4, 0.5) is 4.39 Å². The average molecular weight is 362 g/mol. The van der Waals surface area contributed by atoms with Crippen LogP contribution in [0.2, 0.25) is 0 Å². The minimum absolute atomic E-state index is 0.0175. The first-order chi connectivity index (χ1) is 11.6. The third-order valence-corrected chi connectivity index (χ3v) is 5.24. The number of carbonyl (C=O) groups is 1. The van der Waals surface area contributed by atoms with E-state index in [9.17, 15) is 24.5 Å². The smallest absolute Gasteiger partial charge is 0.364 e. The lowest BCUT2D eigenvalue weighted by molar-refractivity contribution is -0.165. The summed E-state index contributed by atoms with van der Waals surface area (Å²) in [5.74, 6) is -3.29. The Labute approximate surface area is 146 Å². The number of carboxylic acid groups (broad SMARTS) is 1. The Bertz CT molecular complexity index is 521. The van der Waals surface area contributed by atoms with Crippen molar-refractivity contribution in [3.63, 3.8) is 0 Å². The summed E-state index contributed by atoms with van der Waals surface area (Å²) in [6, 6.07) is 0. The van der Waals surface area contributed by atoms with Crippen LogP contribution in [-0.4, -0.2) is 69.6 Å². The van der Waals surface area contributed by atoms with E-state index >= 15 is 0 Å². The van der Waals surface area contributed by atoms with Crippen LogP contribution in [0.5, 0.6) is 0 Å². The van der Waals surface area contributed by atoms with Crippen LogP contribution in [0.25, 0.3) is 0 Å². The zero-order valence-corrected chi connectivity index (χ0v) is 14.6. The number of aliphatic hydroxyl groups excluding tert-OH is 3. The van der Waals surface area contributed by atoms with Crippen molar-refractivity contribution in [3.8, 4) is 0 Å². The van der Waals surface area contributed by atoms with Gasteiger partial charge in [-0.2, -0.15) is 4.39 Å². The number of aliphatic hydroxyl groups is 3. The Hall–Kier alpha value is -1.06. The van der Waals surface area contributed by atoms with Gasteiger partial charge < -0.3 is 29.9 Å².